The molecule has 0 bridgehead atoms. The second kappa shape index (κ2) is 8.98. The molecule has 26 heavy (non-hydrogen) atoms. The predicted octanol–water partition coefficient (Wildman–Crippen LogP) is 2.66. The van der Waals surface area contributed by atoms with E-state index in [1.807, 2.05) is 24.6 Å². The summed E-state index contributed by atoms with van der Waals surface area (Å²) in [5.74, 6) is 0.163. The molecule has 1 amide bonds. The lowest BCUT2D eigenvalue weighted by molar-refractivity contribution is -0.384. The molecule has 1 heterocycles. The van der Waals surface area contributed by atoms with Crippen LogP contribution in [0.2, 0.25) is 0 Å². The molecule has 0 fully saturated rings. The lowest BCUT2D eigenvalue weighted by atomic mass is 10.2. The number of carbonyl (C=O) groups is 1. The van der Waals surface area contributed by atoms with Crippen molar-refractivity contribution in [1.82, 2.24) is 15.1 Å². The normalized spacial score (nSPS) is 11.8. The van der Waals surface area contributed by atoms with Gasteiger partial charge in [-0.05, 0) is 31.9 Å². The van der Waals surface area contributed by atoms with Crippen molar-refractivity contribution in [1.29, 1.82) is 0 Å². The molecule has 0 aliphatic heterocycles. The number of anilines is 1. The van der Waals surface area contributed by atoms with E-state index in [9.17, 15) is 14.9 Å². The highest BCUT2D eigenvalue weighted by Gasteiger charge is 2.12. The van der Waals surface area contributed by atoms with Crippen LogP contribution in [0.15, 0.2) is 30.3 Å². The van der Waals surface area contributed by atoms with E-state index in [0.717, 1.165) is 17.9 Å². The third-order valence-corrected chi connectivity index (χ3v) is 4.00. The first-order chi connectivity index (χ1) is 12.4. The molecule has 0 spiro atoms. The number of nitrogens with one attached hydrogen (secondary N) is 2. The van der Waals surface area contributed by atoms with Crippen LogP contribution in [0, 0.1) is 29.9 Å². The maximum atomic E-state index is 12.0. The van der Waals surface area contributed by atoms with Crippen LogP contribution in [-0.2, 0) is 11.3 Å². The topological polar surface area (TPSA) is 102 Å². The van der Waals surface area contributed by atoms with Gasteiger partial charge in [0.2, 0.25) is 5.91 Å². The molecule has 1 aromatic heterocycles. The molecule has 8 heteroatoms. The Bertz CT molecular complexity index is 772. The highest BCUT2D eigenvalue weighted by Crippen LogP contribution is 2.22. The van der Waals surface area contributed by atoms with Gasteiger partial charge in [0.05, 0.1) is 10.6 Å². The van der Waals surface area contributed by atoms with Gasteiger partial charge in [0.25, 0.3) is 5.69 Å². The first-order valence-corrected chi connectivity index (χ1v) is 8.62. The Morgan fingerprint density at radius 2 is 2.08 bits per heavy atom. The average molecular weight is 359 g/mol. The third-order valence-electron chi connectivity index (χ3n) is 4.00. The van der Waals surface area contributed by atoms with Crippen LogP contribution in [0.4, 0.5) is 11.4 Å². The van der Waals surface area contributed by atoms with Crippen molar-refractivity contribution in [2.75, 3.05) is 18.4 Å². The number of nitrogens with zero attached hydrogens (tertiary/aromatic N) is 3. The molecule has 0 aliphatic carbocycles. The summed E-state index contributed by atoms with van der Waals surface area (Å²) in [5, 5.41) is 21.2. The van der Waals surface area contributed by atoms with Crippen LogP contribution >= 0.6 is 0 Å². The molecule has 140 valence electrons. The van der Waals surface area contributed by atoms with Crippen LogP contribution < -0.4 is 10.6 Å². The highest BCUT2D eigenvalue weighted by molar-refractivity contribution is 5.76. The van der Waals surface area contributed by atoms with Crippen LogP contribution in [0.5, 0.6) is 0 Å². The lowest BCUT2D eigenvalue weighted by Gasteiger charge is -2.14. The van der Waals surface area contributed by atoms with Crippen molar-refractivity contribution in [3.63, 3.8) is 0 Å². The summed E-state index contributed by atoms with van der Waals surface area (Å²) in [6.45, 7) is 7.67. The SMILES string of the molecule is Cc1cc(C)n(CC(C)CNC(=O)CCNc2ccccc2[N+](=O)[O-])n1. The Kier molecular flexibility index (Phi) is 6.71. The summed E-state index contributed by atoms with van der Waals surface area (Å²) >= 11 is 0. The first kappa shape index (κ1) is 19.4. The van der Waals surface area contributed by atoms with Gasteiger partial charge in [-0.25, -0.2) is 0 Å². The van der Waals surface area contributed by atoms with E-state index in [1.165, 1.54) is 6.07 Å². The molecule has 2 aromatic rings. The minimum atomic E-state index is -0.441. The fourth-order valence-corrected chi connectivity index (χ4v) is 2.69. The van der Waals surface area contributed by atoms with Crippen molar-refractivity contribution in [2.45, 2.75) is 33.7 Å². The summed E-state index contributed by atoms with van der Waals surface area (Å²) in [5.41, 5.74) is 2.52. The van der Waals surface area contributed by atoms with Crippen LogP contribution in [0.3, 0.4) is 0 Å². The van der Waals surface area contributed by atoms with Gasteiger partial charge in [-0.15, -0.1) is 0 Å². The third kappa shape index (κ3) is 5.58. The van der Waals surface area contributed by atoms with Gasteiger partial charge in [0.15, 0.2) is 0 Å². The fourth-order valence-electron chi connectivity index (χ4n) is 2.69. The zero-order chi connectivity index (χ0) is 19.1. The molecule has 0 radical (unpaired) electrons. The molecular formula is C18H25N5O3. The number of aryl methyl sites for hydroxylation is 2. The molecule has 2 N–H and O–H groups in total. The van der Waals surface area contributed by atoms with Crippen molar-refractivity contribution >= 4 is 17.3 Å². The number of rotatable bonds is 9. The Morgan fingerprint density at radius 1 is 1.35 bits per heavy atom. The molecule has 0 saturated heterocycles. The predicted molar refractivity (Wildman–Crippen MR) is 100 cm³/mol. The number of amides is 1. The monoisotopic (exact) mass is 359 g/mol. The van der Waals surface area contributed by atoms with Crippen molar-refractivity contribution in [2.24, 2.45) is 5.92 Å². The van der Waals surface area contributed by atoms with Gasteiger partial charge >= 0.3 is 0 Å². The van der Waals surface area contributed by atoms with Crippen LogP contribution in [0.25, 0.3) is 0 Å². The zero-order valence-corrected chi connectivity index (χ0v) is 15.4. The number of carbonyl (C=O) groups excluding carboxylic acids is 1. The minimum absolute atomic E-state index is 0.00594. The van der Waals surface area contributed by atoms with E-state index in [1.54, 1.807) is 18.2 Å². The number of hydrogen-bond donors (Lipinski definition) is 2. The molecule has 1 aromatic carbocycles. The van der Waals surface area contributed by atoms with Crippen LogP contribution in [0.1, 0.15) is 24.7 Å². The van der Waals surface area contributed by atoms with E-state index in [2.05, 4.69) is 22.7 Å². The summed E-state index contributed by atoms with van der Waals surface area (Å²) in [6, 6.07) is 8.42. The van der Waals surface area contributed by atoms with E-state index in [-0.39, 0.29) is 23.9 Å². The highest BCUT2D eigenvalue weighted by atomic mass is 16.6. The summed E-state index contributed by atoms with van der Waals surface area (Å²) in [4.78, 5) is 22.5. The van der Waals surface area contributed by atoms with Gasteiger partial charge in [-0.2, -0.15) is 5.10 Å². The standard InChI is InChI=1S/C18H25N5O3/c1-13(12-22-15(3)10-14(2)21-22)11-20-18(24)8-9-19-16-6-4-5-7-17(16)23(25)26/h4-7,10,13,19H,8-9,11-12H2,1-3H3,(H,20,24). The summed E-state index contributed by atoms with van der Waals surface area (Å²) in [7, 11) is 0. The average Bonchev–Trinajstić information content (AvgIpc) is 2.90. The molecule has 0 aliphatic rings. The smallest absolute Gasteiger partial charge is 0.292 e. The number of hydrogen-bond acceptors (Lipinski definition) is 5. The zero-order valence-electron chi connectivity index (χ0n) is 15.4. The van der Waals surface area contributed by atoms with Crippen molar-refractivity contribution in [3.8, 4) is 0 Å². The molecule has 0 saturated carbocycles. The number of aromatic nitrogens is 2. The minimum Gasteiger partial charge on any atom is -0.379 e. The molecular weight excluding hydrogens is 334 g/mol. The first-order valence-electron chi connectivity index (χ1n) is 8.62. The summed E-state index contributed by atoms with van der Waals surface area (Å²) in [6.07, 6.45) is 0.249. The maximum Gasteiger partial charge on any atom is 0.292 e. The van der Waals surface area contributed by atoms with Gasteiger partial charge in [0.1, 0.15) is 5.69 Å². The summed E-state index contributed by atoms with van der Waals surface area (Å²) < 4.78 is 1.95. The molecule has 2 rings (SSSR count). The van der Waals surface area contributed by atoms with Crippen molar-refractivity contribution in [3.05, 3.63) is 51.8 Å². The van der Waals surface area contributed by atoms with Gasteiger partial charge in [0, 0.05) is 37.8 Å². The maximum absolute atomic E-state index is 12.0. The van der Waals surface area contributed by atoms with Crippen LogP contribution in [-0.4, -0.2) is 33.7 Å². The largest absolute Gasteiger partial charge is 0.379 e. The van der Waals surface area contributed by atoms with Gasteiger partial charge in [-0.1, -0.05) is 19.1 Å². The lowest BCUT2D eigenvalue weighted by Crippen LogP contribution is -2.31. The quantitative estimate of drug-likeness (QED) is 0.529. The Morgan fingerprint density at radius 3 is 2.73 bits per heavy atom. The second-order valence-electron chi connectivity index (χ2n) is 6.47. The number of nitro benzene ring substituents is 1. The number of benzene rings is 1. The van der Waals surface area contributed by atoms with Gasteiger partial charge < -0.3 is 10.6 Å². The number of para-hydroxylation sites is 2. The van der Waals surface area contributed by atoms with E-state index < -0.39 is 4.92 Å². The molecule has 1 atom stereocenters. The Labute approximate surface area is 152 Å². The Balaban J connectivity index is 1.72. The van der Waals surface area contributed by atoms with E-state index in [0.29, 0.717) is 18.8 Å². The van der Waals surface area contributed by atoms with Crippen molar-refractivity contribution < 1.29 is 9.72 Å². The van der Waals surface area contributed by atoms with Gasteiger partial charge in [-0.3, -0.25) is 19.6 Å². The molecule has 8 nitrogen and oxygen atoms in total. The molecule has 1 unspecified atom stereocenters. The van der Waals surface area contributed by atoms with E-state index >= 15 is 0 Å². The Hall–Kier alpha value is -2.90. The fraction of sp³-hybridized carbons (Fsp3) is 0.444. The second-order valence-corrected chi connectivity index (χ2v) is 6.47. The van der Waals surface area contributed by atoms with E-state index in [4.69, 9.17) is 0 Å². The number of nitro groups is 1.